The average molecular weight is 257 g/mol. The van der Waals surface area contributed by atoms with Gasteiger partial charge < -0.3 is 0 Å². The maximum Gasteiger partial charge on any atom is 0.0843 e. The highest BCUT2D eigenvalue weighted by Gasteiger charge is 2.29. The normalized spacial score (nSPS) is 19.4. The van der Waals surface area contributed by atoms with Crippen LogP contribution in [0.1, 0.15) is 29.2 Å². The first-order chi connectivity index (χ1) is 9.28. The quantitative estimate of drug-likeness (QED) is 0.631. The number of hydrazine groups is 1. The first-order valence-corrected chi connectivity index (χ1v) is 6.67. The number of fused-ring (bicyclic) bond motifs is 1. The van der Waals surface area contributed by atoms with Gasteiger partial charge in [0, 0.05) is 31.6 Å². The van der Waals surface area contributed by atoms with E-state index in [1.54, 1.807) is 4.68 Å². The molecule has 0 aliphatic heterocycles. The molecule has 1 aromatic carbocycles. The van der Waals surface area contributed by atoms with Gasteiger partial charge in [-0.3, -0.25) is 16.0 Å². The summed E-state index contributed by atoms with van der Waals surface area (Å²) in [5, 5.41) is 8.12. The fourth-order valence-electron chi connectivity index (χ4n) is 3.04. The molecule has 19 heavy (non-hydrogen) atoms. The molecular weight excluding hydrogens is 238 g/mol. The molecule has 2 atom stereocenters. The minimum absolute atomic E-state index is 0.209. The number of aryl methyl sites for hydroxylation is 2. The van der Waals surface area contributed by atoms with Gasteiger partial charge in [-0.2, -0.15) is 0 Å². The van der Waals surface area contributed by atoms with Crippen molar-refractivity contribution in [2.24, 2.45) is 12.9 Å². The molecule has 0 bridgehead atoms. The maximum absolute atomic E-state index is 5.76. The zero-order chi connectivity index (χ0) is 13.2. The lowest BCUT2D eigenvalue weighted by molar-refractivity contribution is 0.431. The van der Waals surface area contributed by atoms with E-state index < -0.39 is 0 Å². The molecule has 1 aromatic heterocycles. The van der Waals surface area contributed by atoms with E-state index in [1.807, 2.05) is 13.2 Å². The van der Waals surface area contributed by atoms with Crippen molar-refractivity contribution >= 4 is 0 Å². The standard InChI is InChI=1S/C14H19N5/c1-19-9-11(17-18-19)8-14(16-15)13-7-6-10-4-2-3-5-12(10)13/h2-5,9,13-14,16H,6-8,15H2,1H3. The molecule has 0 saturated heterocycles. The van der Waals surface area contributed by atoms with Gasteiger partial charge in [-0.15, -0.1) is 5.10 Å². The molecule has 5 nitrogen and oxygen atoms in total. The van der Waals surface area contributed by atoms with E-state index in [2.05, 4.69) is 40.0 Å². The summed E-state index contributed by atoms with van der Waals surface area (Å²) in [4.78, 5) is 0. The molecule has 100 valence electrons. The summed E-state index contributed by atoms with van der Waals surface area (Å²) in [6, 6.07) is 8.85. The van der Waals surface area contributed by atoms with Gasteiger partial charge in [-0.05, 0) is 24.0 Å². The summed E-state index contributed by atoms with van der Waals surface area (Å²) in [5.74, 6) is 6.22. The van der Waals surface area contributed by atoms with E-state index in [1.165, 1.54) is 11.1 Å². The first kappa shape index (κ1) is 12.3. The molecule has 1 aliphatic rings. The minimum Gasteiger partial charge on any atom is -0.271 e. The Kier molecular flexibility index (Phi) is 3.31. The lowest BCUT2D eigenvalue weighted by Gasteiger charge is -2.22. The Morgan fingerprint density at radius 3 is 3.05 bits per heavy atom. The van der Waals surface area contributed by atoms with Gasteiger partial charge in [-0.1, -0.05) is 29.5 Å². The van der Waals surface area contributed by atoms with Gasteiger partial charge in [0.15, 0.2) is 0 Å². The van der Waals surface area contributed by atoms with E-state index in [-0.39, 0.29) is 6.04 Å². The van der Waals surface area contributed by atoms with Crippen LogP contribution < -0.4 is 11.3 Å². The Morgan fingerprint density at radius 2 is 2.32 bits per heavy atom. The maximum atomic E-state index is 5.76. The van der Waals surface area contributed by atoms with Crippen molar-refractivity contribution in [1.82, 2.24) is 20.4 Å². The second-order valence-corrected chi connectivity index (χ2v) is 5.20. The summed E-state index contributed by atoms with van der Waals surface area (Å²) in [5.41, 5.74) is 6.82. The van der Waals surface area contributed by atoms with Crippen molar-refractivity contribution in [1.29, 1.82) is 0 Å². The topological polar surface area (TPSA) is 68.8 Å². The summed E-state index contributed by atoms with van der Waals surface area (Å²) in [7, 11) is 1.88. The van der Waals surface area contributed by atoms with Crippen molar-refractivity contribution in [2.75, 3.05) is 0 Å². The summed E-state index contributed by atoms with van der Waals surface area (Å²) < 4.78 is 1.73. The SMILES string of the molecule is Cn1cc(CC(NN)C2CCc3ccccc32)nn1. The summed E-state index contributed by atoms with van der Waals surface area (Å²) in [6.07, 6.45) is 5.04. The molecule has 0 spiro atoms. The van der Waals surface area contributed by atoms with Crippen molar-refractivity contribution < 1.29 is 0 Å². The highest BCUT2D eigenvalue weighted by molar-refractivity contribution is 5.36. The van der Waals surface area contributed by atoms with Crippen LogP contribution in [0.25, 0.3) is 0 Å². The molecular formula is C14H19N5. The van der Waals surface area contributed by atoms with Crippen molar-refractivity contribution in [2.45, 2.75) is 31.2 Å². The molecule has 0 saturated carbocycles. The highest BCUT2D eigenvalue weighted by Crippen LogP contribution is 2.35. The van der Waals surface area contributed by atoms with Crippen molar-refractivity contribution in [3.63, 3.8) is 0 Å². The fourth-order valence-corrected chi connectivity index (χ4v) is 3.04. The molecule has 1 aliphatic carbocycles. The molecule has 1 heterocycles. The van der Waals surface area contributed by atoms with E-state index in [0.29, 0.717) is 5.92 Å². The van der Waals surface area contributed by atoms with Crippen molar-refractivity contribution in [3.8, 4) is 0 Å². The minimum atomic E-state index is 0.209. The molecule has 5 heteroatoms. The third kappa shape index (κ3) is 2.39. The smallest absolute Gasteiger partial charge is 0.0843 e. The third-order valence-electron chi connectivity index (χ3n) is 3.96. The van der Waals surface area contributed by atoms with Crippen molar-refractivity contribution in [3.05, 3.63) is 47.3 Å². The number of hydrogen-bond donors (Lipinski definition) is 2. The van der Waals surface area contributed by atoms with Gasteiger partial charge in [0.05, 0.1) is 5.69 Å². The fraction of sp³-hybridized carbons (Fsp3) is 0.429. The van der Waals surface area contributed by atoms with Crippen LogP contribution in [0, 0.1) is 0 Å². The largest absolute Gasteiger partial charge is 0.271 e. The number of benzene rings is 1. The van der Waals surface area contributed by atoms with Crippen LogP contribution in [-0.2, 0) is 19.9 Å². The lowest BCUT2D eigenvalue weighted by Crippen LogP contribution is -2.41. The number of nitrogens with zero attached hydrogens (tertiary/aromatic N) is 3. The number of hydrogen-bond acceptors (Lipinski definition) is 4. The van der Waals surface area contributed by atoms with Gasteiger partial charge >= 0.3 is 0 Å². The molecule has 0 radical (unpaired) electrons. The highest BCUT2D eigenvalue weighted by atomic mass is 15.4. The number of aromatic nitrogens is 3. The molecule has 0 amide bonds. The van der Waals surface area contributed by atoms with E-state index >= 15 is 0 Å². The molecule has 3 N–H and O–H groups in total. The van der Waals surface area contributed by atoms with E-state index in [0.717, 1.165) is 25.0 Å². The number of rotatable bonds is 4. The van der Waals surface area contributed by atoms with Crippen LogP contribution in [0.5, 0.6) is 0 Å². The van der Waals surface area contributed by atoms with Crippen LogP contribution in [0.3, 0.4) is 0 Å². The summed E-state index contributed by atoms with van der Waals surface area (Å²) >= 11 is 0. The van der Waals surface area contributed by atoms with Crippen LogP contribution >= 0.6 is 0 Å². The summed E-state index contributed by atoms with van der Waals surface area (Å²) in [6.45, 7) is 0. The average Bonchev–Trinajstić information content (AvgIpc) is 3.02. The second-order valence-electron chi connectivity index (χ2n) is 5.20. The van der Waals surface area contributed by atoms with Gasteiger partial charge in [-0.25, -0.2) is 0 Å². The predicted molar refractivity (Wildman–Crippen MR) is 73.3 cm³/mol. The predicted octanol–water partition coefficient (Wildman–Crippen LogP) is 0.919. The van der Waals surface area contributed by atoms with Gasteiger partial charge in [0.1, 0.15) is 0 Å². The Bertz CT molecular complexity index is 562. The third-order valence-corrected chi connectivity index (χ3v) is 3.96. The first-order valence-electron chi connectivity index (χ1n) is 6.67. The van der Waals surface area contributed by atoms with Crippen LogP contribution in [0.15, 0.2) is 30.5 Å². The molecule has 0 fully saturated rings. The zero-order valence-corrected chi connectivity index (χ0v) is 11.1. The number of nitrogens with one attached hydrogen (secondary N) is 1. The zero-order valence-electron chi connectivity index (χ0n) is 11.1. The Hall–Kier alpha value is -1.72. The van der Waals surface area contributed by atoms with E-state index in [9.17, 15) is 0 Å². The Balaban J connectivity index is 1.80. The molecule has 2 unspecified atom stereocenters. The van der Waals surface area contributed by atoms with Crippen LogP contribution in [-0.4, -0.2) is 21.0 Å². The van der Waals surface area contributed by atoms with E-state index in [4.69, 9.17) is 5.84 Å². The monoisotopic (exact) mass is 257 g/mol. The van der Waals surface area contributed by atoms with Crippen LogP contribution in [0.2, 0.25) is 0 Å². The Labute approximate surface area is 112 Å². The van der Waals surface area contributed by atoms with Gasteiger partial charge in [0.2, 0.25) is 0 Å². The molecule has 2 aromatic rings. The lowest BCUT2D eigenvalue weighted by atomic mass is 9.91. The van der Waals surface area contributed by atoms with Gasteiger partial charge in [0.25, 0.3) is 0 Å². The second kappa shape index (κ2) is 5.11. The van der Waals surface area contributed by atoms with Crippen LogP contribution in [0.4, 0.5) is 0 Å². The molecule has 3 rings (SSSR count). The number of nitrogens with two attached hydrogens (primary N) is 1. The Morgan fingerprint density at radius 1 is 1.47 bits per heavy atom.